The van der Waals surface area contributed by atoms with Crippen molar-refractivity contribution in [1.82, 2.24) is 4.89 Å². The van der Waals surface area contributed by atoms with Crippen LogP contribution in [-0.2, 0) is 19.6 Å². The molecule has 0 fully saturated rings. The van der Waals surface area contributed by atoms with E-state index in [4.69, 9.17) is 0 Å². The summed E-state index contributed by atoms with van der Waals surface area (Å²) in [4.78, 5) is 26.8. The molecule has 0 bridgehead atoms. The molecular formula is C9H10N2O7S. The van der Waals surface area contributed by atoms with Gasteiger partial charge in [-0.15, -0.1) is 0 Å². The molecule has 1 rings (SSSR count). The number of sulfonamides is 1. The van der Waals surface area contributed by atoms with Crippen molar-refractivity contribution in [3.05, 3.63) is 33.9 Å². The Morgan fingerprint density at radius 3 is 2.47 bits per heavy atom. The average Bonchev–Trinajstić information content (AvgIpc) is 2.36. The summed E-state index contributed by atoms with van der Waals surface area (Å²) >= 11 is 0. The third kappa shape index (κ3) is 3.24. The highest BCUT2D eigenvalue weighted by atomic mass is 32.2. The Bertz CT molecular complexity index is 611. The van der Waals surface area contributed by atoms with E-state index in [0.29, 0.717) is 0 Å². The van der Waals surface area contributed by atoms with Gasteiger partial charge in [0.15, 0.2) is 0 Å². The van der Waals surface area contributed by atoms with E-state index in [1.165, 1.54) is 0 Å². The first-order chi connectivity index (χ1) is 8.83. The van der Waals surface area contributed by atoms with Crippen LogP contribution in [0.15, 0.2) is 23.1 Å². The molecule has 104 valence electrons. The maximum Gasteiger partial charge on any atom is 0.339 e. The number of carbonyl (C=O) groups excluding carboxylic acids is 1. The number of nitrogens with zero attached hydrogens (tertiary/aromatic N) is 1. The molecule has 1 N–H and O–H groups in total. The molecule has 19 heavy (non-hydrogen) atoms. The van der Waals surface area contributed by atoms with Gasteiger partial charge in [0.05, 0.1) is 29.6 Å². The summed E-state index contributed by atoms with van der Waals surface area (Å²) in [6, 6.07) is 2.69. The van der Waals surface area contributed by atoms with Gasteiger partial charge in [0.25, 0.3) is 15.7 Å². The zero-order valence-electron chi connectivity index (χ0n) is 9.95. The minimum atomic E-state index is -4.13. The number of rotatable bonds is 5. The van der Waals surface area contributed by atoms with E-state index in [2.05, 4.69) is 9.57 Å². The van der Waals surface area contributed by atoms with Crippen molar-refractivity contribution in [3.8, 4) is 0 Å². The van der Waals surface area contributed by atoms with Gasteiger partial charge >= 0.3 is 5.97 Å². The normalized spacial score (nSPS) is 11.1. The molecular weight excluding hydrogens is 280 g/mol. The van der Waals surface area contributed by atoms with Gasteiger partial charge in [-0.3, -0.25) is 15.0 Å². The summed E-state index contributed by atoms with van der Waals surface area (Å²) < 4.78 is 27.9. The highest BCUT2D eigenvalue weighted by Gasteiger charge is 2.25. The predicted molar refractivity (Wildman–Crippen MR) is 61.8 cm³/mol. The lowest BCUT2D eigenvalue weighted by molar-refractivity contribution is -0.384. The second kappa shape index (κ2) is 5.73. The zero-order valence-corrected chi connectivity index (χ0v) is 10.8. The second-order valence-electron chi connectivity index (χ2n) is 3.22. The molecule has 1 aromatic rings. The van der Waals surface area contributed by atoms with Gasteiger partial charge in [-0.25, -0.2) is 13.2 Å². The molecule has 0 radical (unpaired) electrons. The number of nitro benzene ring substituents is 1. The van der Waals surface area contributed by atoms with Crippen LogP contribution in [0.4, 0.5) is 5.69 Å². The summed E-state index contributed by atoms with van der Waals surface area (Å²) in [5.41, 5.74) is -0.891. The molecule has 9 nitrogen and oxygen atoms in total. The van der Waals surface area contributed by atoms with Crippen LogP contribution in [0.5, 0.6) is 0 Å². The predicted octanol–water partition coefficient (Wildman–Crippen LogP) is 0.221. The maximum absolute atomic E-state index is 11.7. The van der Waals surface area contributed by atoms with Gasteiger partial charge in [0.2, 0.25) is 0 Å². The van der Waals surface area contributed by atoms with Crippen LogP contribution in [-0.4, -0.2) is 33.5 Å². The summed E-state index contributed by atoms with van der Waals surface area (Å²) in [7, 11) is -2.03. The minimum absolute atomic E-state index is 0.434. The van der Waals surface area contributed by atoms with Crippen LogP contribution in [0.25, 0.3) is 0 Å². The van der Waals surface area contributed by atoms with Crippen LogP contribution in [0.2, 0.25) is 0 Å². The van der Waals surface area contributed by atoms with Gasteiger partial charge in [-0.1, -0.05) is 4.89 Å². The molecule has 0 aromatic heterocycles. The summed E-state index contributed by atoms with van der Waals surface area (Å²) in [5.74, 6) is -1.01. The Morgan fingerprint density at radius 2 is 2.00 bits per heavy atom. The topological polar surface area (TPSA) is 125 Å². The van der Waals surface area contributed by atoms with Gasteiger partial charge in [0.1, 0.15) is 0 Å². The van der Waals surface area contributed by atoms with Gasteiger partial charge in [-0.05, 0) is 6.07 Å². The number of hydrogen-bond donors (Lipinski definition) is 1. The number of esters is 1. The molecule has 10 heteroatoms. The van der Waals surface area contributed by atoms with E-state index in [1.54, 1.807) is 4.89 Å². The Morgan fingerprint density at radius 1 is 1.37 bits per heavy atom. The van der Waals surface area contributed by atoms with Gasteiger partial charge in [0, 0.05) is 12.1 Å². The fourth-order valence-corrected chi connectivity index (χ4v) is 2.28. The average molecular weight is 290 g/mol. The number of nitro groups is 1. The number of nitrogens with one attached hydrogen (secondary N) is 1. The Labute approximate surface area is 108 Å². The molecule has 0 aliphatic heterocycles. The first kappa shape index (κ1) is 15.0. The van der Waals surface area contributed by atoms with Crippen molar-refractivity contribution in [2.24, 2.45) is 0 Å². The third-order valence-corrected chi connectivity index (χ3v) is 3.38. The molecule has 0 saturated heterocycles. The fourth-order valence-electron chi connectivity index (χ4n) is 1.29. The molecule has 0 saturated carbocycles. The van der Waals surface area contributed by atoms with Gasteiger partial charge in [-0.2, -0.15) is 0 Å². The lowest BCUT2D eigenvalue weighted by atomic mass is 10.2. The number of ether oxygens (including phenoxy) is 1. The van der Waals surface area contributed by atoms with E-state index in [1.807, 2.05) is 0 Å². The van der Waals surface area contributed by atoms with Gasteiger partial charge < -0.3 is 4.74 Å². The van der Waals surface area contributed by atoms with Crippen molar-refractivity contribution >= 4 is 21.7 Å². The van der Waals surface area contributed by atoms with Crippen LogP contribution < -0.4 is 4.89 Å². The number of non-ortho nitro benzene ring substituents is 1. The Kier molecular flexibility index (Phi) is 4.53. The largest absolute Gasteiger partial charge is 0.465 e. The highest BCUT2D eigenvalue weighted by molar-refractivity contribution is 7.89. The Balaban J connectivity index is 3.48. The van der Waals surface area contributed by atoms with Crippen molar-refractivity contribution < 1.29 is 27.7 Å². The molecule has 0 aliphatic rings. The van der Waals surface area contributed by atoms with Crippen LogP contribution in [0.3, 0.4) is 0 Å². The summed E-state index contributed by atoms with van der Waals surface area (Å²) in [6.07, 6.45) is 0. The number of benzene rings is 1. The fraction of sp³-hybridized carbons (Fsp3) is 0.222. The van der Waals surface area contributed by atoms with Crippen molar-refractivity contribution in [2.45, 2.75) is 4.90 Å². The van der Waals surface area contributed by atoms with Crippen molar-refractivity contribution in [1.29, 1.82) is 0 Å². The number of hydrogen-bond acceptors (Lipinski definition) is 7. The van der Waals surface area contributed by atoms with Crippen LogP contribution >= 0.6 is 0 Å². The van der Waals surface area contributed by atoms with E-state index < -0.39 is 37.1 Å². The number of methoxy groups -OCH3 is 1. The maximum atomic E-state index is 11.7. The van der Waals surface area contributed by atoms with Crippen molar-refractivity contribution in [3.63, 3.8) is 0 Å². The van der Waals surface area contributed by atoms with Crippen LogP contribution in [0, 0.1) is 10.1 Å². The SMILES string of the molecule is CONS(=O)(=O)c1ccc([N+](=O)[O-])cc1C(=O)OC. The molecule has 0 atom stereocenters. The first-order valence-corrected chi connectivity index (χ1v) is 6.23. The monoisotopic (exact) mass is 290 g/mol. The summed E-state index contributed by atoms with van der Waals surface area (Å²) in [6.45, 7) is 0. The standard InChI is InChI=1S/C9H10N2O7S/c1-17-9(12)7-5-6(11(13)14)3-4-8(7)19(15,16)10-18-2/h3-5,10H,1-2H3. The van der Waals surface area contributed by atoms with E-state index in [9.17, 15) is 23.3 Å². The zero-order chi connectivity index (χ0) is 14.6. The first-order valence-electron chi connectivity index (χ1n) is 4.75. The summed E-state index contributed by atoms with van der Waals surface area (Å²) in [5, 5.41) is 10.6. The molecule has 0 heterocycles. The van der Waals surface area contributed by atoms with E-state index >= 15 is 0 Å². The second-order valence-corrected chi connectivity index (χ2v) is 4.83. The smallest absolute Gasteiger partial charge is 0.339 e. The molecule has 0 unspecified atom stereocenters. The van der Waals surface area contributed by atoms with E-state index in [0.717, 1.165) is 32.4 Å². The lowest BCUT2D eigenvalue weighted by Crippen LogP contribution is -2.24. The number of carbonyl (C=O) groups is 1. The Hall–Kier alpha value is -2.04. The molecule has 0 spiro atoms. The molecule has 0 amide bonds. The van der Waals surface area contributed by atoms with Crippen LogP contribution in [0.1, 0.15) is 10.4 Å². The molecule has 0 aliphatic carbocycles. The lowest BCUT2D eigenvalue weighted by Gasteiger charge is -2.08. The molecule has 1 aromatic carbocycles. The quantitative estimate of drug-likeness (QED) is 0.467. The highest BCUT2D eigenvalue weighted by Crippen LogP contribution is 2.22. The van der Waals surface area contributed by atoms with E-state index in [-0.39, 0.29) is 0 Å². The van der Waals surface area contributed by atoms with Crippen molar-refractivity contribution in [2.75, 3.05) is 14.2 Å². The third-order valence-electron chi connectivity index (χ3n) is 2.06. The minimum Gasteiger partial charge on any atom is -0.465 e.